The molecular formula is C18H16FN3O. The van der Waals surface area contributed by atoms with Crippen molar-refractivity contribution in [2.45, 2.75) is 13.8 Å². The number of carbonyl (C=O) groups excluding carboxylic acids is 1. The number of aromatic amines is 1. The number of fused-ring (bicyclic) bond motifs is 1. The van der Waals surface area contributed by atoms with Gasteiger partial charge in [0.05, 0.1) is 5.56 Å². The topological polar surface area (TPSA) is 57.8 Å². The molecule has 2 aromatic heterocycles. The lowest BCUT2D eigenvalue weighted by Crippen LogP contribution is -2.20. The first-order valence-electron chi connectivity index (χ1n) is 7.26. The fourth-order valence-electron chi connectivity index (χ4n) is 2.34. The summed E-state index contributed by atoms with van der Waals surface area (Å²) in [5, 5.41) is 3.51. The lowest BCUT2D eigenvalue weighted by atomic mass is 10.1. The number of H-pyrrole nitrogens is 1. The molecule has 0 atom stereocenters. The van der Waals surface area contributed by atoms with Gasteiger partial charge in [-0.05, 0) is 37.6 Å². The van der Waals surface area contributed by atoms with Crippen LogP contribution in [0.25, 0.3) is 22.2 Å². The van der Waals surface area contributed by atoms with E-state index >= 15 is 0 Å². The molecule has 0 aliphatic heterocycles. The van der Waals surface area contributed by atoms with Gasteiger partial charge < -0.3 is 10.3 Å². The van der Waals surface area contributed by atoms with Crippen LogP contribution in [-0.2, 0) is 0 Å². The molecule has 0 saturated heterocycles. The summed E-state index contributed by atoms with van der Waals surface area (Å²) < 4.78 is 13.4. The minimum atomic E-state index is -0.307. The van der Waals surface area contributed by atoms with Gasteiger partial charge in [0.2, 0.25) is 0 Å². The Morgan fingerprint density at radius 1 is 1.30 bits per heavy atom. The molecule has 0 aliphatic rings. The predicted octanol–water partition coefficient (Wildman–Crippen LogP) is 4.02. The van der Waals surface area contributed by atoms with Gasteiger partial charge in [0.15, 0.2) is 0 Å². The summed E-state index contributed by atoms with van der Waals surface area (Å²) in [5.74, 6) is -0.511. The van der Waals surface area contributed by atoms with E-state index < -0.39 is 0 Å². The van der Waals surface area contributed by atoms with E-state index in [9.17, 15) is 9.18 Å². The molecule has 1 aromatic carbocycles. The van der Waals surface area contributed by atoms with Gasteiger partial charge in [0, 0.05) is 29.0 Å². The Kier molecular flexibility index (Phi) is 3.93. The van der Waals surface area contributed by atoms with Gasteiger partial charge in [-0.2, -0.15) is 0 Å². The molecule has 0 saturated carbocycles. The summed E-state index contributed by atoms with van der Waals surface area (Å²) in [5.41, 5.74) is 3.38. The molecule has 23 heavy (non-hydrogen) atoms. The van der Waals surface area contributed by atoms with Crippen LogP contribution in [0.3, 0.4) is 0 Å². The fraction of sp³-hybridized carbons (Fsp3) is 0.111. The lowest BCUT2D eigenvalue weighted by Gasteiger charge is -2.05. The molecule has 0 aliphatic carbocycles. The second-order valence-corrected chi connectivity index (χ2v) is 5.26. The highest BCUT2D eigenvalue weighted by atomic mass is 19.1. The van der Waals surface area contributed by atoms with E-state index in [4.69, 9.17) is 0 Å². The second kappa shape index (κ2) is 6.04. The van der Waals surface area contributed by atoms with Crippen molar-refractivity contribution in [1.29, 1.82) is 0 Å². The van der Waals surface area contributed by atoms with Crippen LogP contribution >= 0.6 is 0 Å². The van der Waals surface area contributed by atoms with Crippen molar-refractivity contribution < 1.29 is 9.18 Å². The second-order valence-electron chi connectivity index (χ2n) is 5.26. The summed E-state index contributed by atoms with van der Waals surface area (Å²) in [6.07, 6.45) is 5.11. The molecule has 0 bridgehead atoms. The minimum Gasteiger partial charge on any atom is -0.345 e. The van der Waals surface area contributed by atoms with Gasteiger partial charge in [-0.15, -0.1) is 0 Å². The Bertz CT molecular complexity index is 912. The van der Waals surface area contributed by atoms with Crippen molar-refractivity contribution in [2.75, 3.05) is 0 Å². The molecular weight excluding hydrogens is 293 g/mol. The third-order valence-corrected chi connectivity index (χ3v) is 3.68. The number of aromatic nitrogens is 2. The molecule has 2 heterocycles. The number of nitrogens with one attached hydrogen (secondary N) is 2. The van der Waals surface area contributed by atoms with Crippen LogP contribution in [0.4, 0.5) is 4.39 Å². The molecule has 0 spiro atoms. The van der Waals surface area contributed by atoms with Crippen molar-refractivity contribution in [3.63, 3.8) is 0 Å². The van der Waals surface area contributed by atoms with Crippen LogP contribution in [0.1, 0.15) is 24.2 Å². The zero-order valence-corrected chi connectivity index (χ0v) is 12.9. The fourth-order valence-corrected chi connectivity index (χ4v) is 2.34. The first-order valence-corrected chi connectivity index (χ1v) is 7.26. The summed E-state index contributed by atoms with van der Waals surface area (Å²) in [6.45, 7) is 3.68. The van der Waals surface area contributed by atoms with Gasteiger partial charge in [-0.25, -0.2) is 9.37 Å². The number of allylic oxidation sites excluding steroid dienone is 2. The Morgan fingerprint density at radius 3 is 2.87 bits per heavy atom. The Hall–Kier alpha value is -2.95. The normalized spacial score (nSPS) is 11.7. The number of nitrogens with zero attached hydrogens (tertiary/aromatic N) is 1. The van der Waals surface area contributed by atoms with E-state index in [1.807, 2.05) is 32.1 Å². The SMILES string of the molecule is C/C=C(\C)NC(=O)c1c[nH]c2ncc(-c3cccc(F)c3)cc12. The van der Waals surface area contributed by atoms with Gasteiger partial charge in [0.25, 0.3) is 5.91 Å². The largest absolute Gasteiger partial charge is 0.345 e. The zero-order valence-electron chi connectivity index (χ0n) is 12.9. The average molecular weight is 309 g/mol. The van der Waals surface area contributed by atoms with Crippen LogP contribution in [0.2, 0.25) is 0 Å². The first kappa shape index (κ1) is 15.0. The van der Waals surface area contributed by atoms with E-state index in [0.717, 1.165) is 16.8 Å². The van der Waals surface area contributed by atoms with Crippen molar-refractivity contribution in [1.82, 2.24) is 15.3 Å². The van der Waals surface area contributed by atoms with Crippen molar-refractivity contribution >= 4 is 16.9 Å². The molecule has 0 fully saturated rings. The van der Waals surface area contributed by atoms with Gasteiger partial charge >= 0.3 is 0 Å². The van der Waals surface area contributed by atoms with E-state index in [2.05, 4.69) is 15.3 Å². The number of benzene rings is 1. The van der Waals surface area contributed by atoms with Gasteiger partial charge in [0.1, 0.15) is 11.5 Å². The van der Waals surface area contributed by atoms with Crippen LogP contribution in [0.5, 0.6) is 0 Å². The maximum Gasteiger partial charge on any atom is 0.257 e. The zero-order chi connectivity index (χ0) is 16.4. The third kappa shape index (κ3) is 2.99. The van der Waals surface area contributed by atoms with E-state index in [0.29, 0.717) is 16.6 Å². The molecule has 5 heteroatoms. The molecule has 116 valence electrons. The number of pyridine rings is 1. The molecule has 3 aromatic rings. The Labute approximate surface area is 133 Å². The van der Waals surface area contributed by atoms with E-state index in [1.54, 1.807) is 18.5 Å². The van der Waals surface area contributed by atoms with Crippen LogP contribution in [0.15, 0.2) is 54.5 Å². The summed E-state index contributed by atoms with van der Waals surface area (Å²) >= 11 is 0. The smallest absolute Gasteiger partial charge is 0.257 e. The Balaban J connectivity index is 2.05. The molecule has 0 unspecified atom stereocenters. The maximum absolute atomic E-state index is 13.4. The molecule has 1 amide bonds. The highest BCUT2D eigenvalue weighted by Crippen LogP contribution is 2.25. The van der Waals surface area contributed by atoms with Crippen LogP contribution in [-0.4, -0.2) is 15.9 Å². The average Bonchev–Trinajstić information content (AvgIpc) is 2.97. The minimum absolute atomic E-state index is 0.204. The number of amides is 1. The van der Waals surface area contributed by atoms with Crippen molar-refractivity contribution in [3.8, 4) is 11.1 Å². The third-order valence-electron chi connectivity index (χ3n) is 3.68. The molecule has 2 N–H and O–H groups in total. The van der Waals surface area contributed by atoms with Crippen LogP contribution < -0.4 is 5.32 Å². The highest BCUT2D eigenvalue weighted by Gasteiger charge is 2.14. The summed E-state index contributed by atoms with van der Waals surface area (Å²) in [7, 11) is 0. The predicted molar refractivity (Wildman–Crippen MR) is 88.4 cm³/mol. The number of hydrogen-bond acceptors (Lipinski definition) is 2. The molecule has 3 rings (SSSR count). The monoisotopic (exact) mass is 309 g/mol. The van der Waals surface area contributed by atoms with E-state index in [1.165, 1.54) is 12.1 Å². The maximum atomic E-state index is 13.4. The van der Waals surface area contributed by atoms with E-state index in [-0.39, 0.29) is 11.7 Å². The highest BCUT2D eigenvalue weighted by molar-refractivity contribution is 6.07. The number of carbonyl (C=O) groups is 1. The number of rotatable bonds is 3. The summed E-state index contributed by atoms with van der Waals surface area (Å²) in [6, 6.07) is 8.13. The van der Waals surface area contributed by atoms with Gasteiger partial charge in [-0.3, -0.25) is 4.79 Å². The van der Waals surface area contributed by atoms with Gasteiger partial charge in [-0.1, -0.05) is 18.2 Å². The van der Waals surface area contributed by atoms with Crippen LogP contribution in [0, 0.1) is 5.82 Å². The number of hydrogen-bond donors (Lipinski definition) is 2. The summed E-state index contributed by atoms with van der Waals surface area (Å²) in [4.78, 5) is 19.6. The number of halogens is 1. The Morgan fingerprint density at radius 2 is 2.13 bits per heavy atom. The molecule has 0 radical (unpaired) electrons. The molecule has 4 nitrogen and oxygen atoms in total. The first-order chi connectivity index (χ1) is 11.1. The standard InChI is InChI=1S/C18H16FN3O/c1-3-11(2)22-18(23)16-10-21-17-15(16)8-13(9-20-17)12-5-4-6-14(19)7-12/h3-10H,1-2H3,(H,20,21)(H,22,23)/b11-3+. The quantitative estimate of drug-likeness (QED) is 0.767. The lowest BCUT2D eigenvalue weighted by molar-refractivity contribution is 0.0967. The van der Waals surface area contributed by atoms with Crippen molar-refractivity contribution in [3.05, 3.63) is 65.9 Å². The van der Waals surface area contributed by atoms with Crippen molar-refractivity contribution in [2.24, 2.45) is 0 Å².